The summed E-state index contributed by atoms with van der Waals surface area (Å²) in [5.74, 6) is 0. The van der Waals surface area contributed by atoms with Crippen molar-refractivity contribution >= 4 is 0 Å². The van der Waals surface area contributed by atoms with E-state index in [1.807, 2.05) is 19.9 Å². The zero-order chi connectivity index (χ0) is 9.54. The van der Waals surface area contributed by atoms with Crippen molar-refractivity contribution in [2.24, 2.45) is 0 Å². The first-order valence-electron chi connectivity index (χ1n) is 4.94. The Balaban J connectivity index is -0.0000000965. The van der Waals surface area contributed by atoms with Gasteiger partial charge in [0, 0.05) is 0 Å². The second kappa shape index (κ2) is 33.1. The second-order valence-electron chi connectivity index (χ2n) is 2.08. The van der Waals surface area contributed by atoms with E-state index in [-0.39, 0.29) is 0 Å². The number of hydrogen-bond acceptors (Lipinski definition) is 0. The average Bonchev–Trinajstić information content (AvgIpc) is 2.10. The molecule has 0 rings (SSSR count). The fourth-order valence-electron chi connectivity index (χ4n) is 0.204. The van der Waals surface area contributed by atoms with Crippen LogP contribution in [0.15, 0.2) is 12.7 Å². The Morgan fingerprint density at radius 3 is 1.27 bits per heavy atom. The number of hydrogen-bond donors (Lipinski definition) is 0. The molecule has 0 fully saturated rings. The largest absolute Gasteiger partial charge is 0.103 e. The van der Waals surface area contributed by atoms with Crippen LogP contribution >= 0.6 is 0 Å². The van der Waals surface area contributed by atoms with Crippen LogP contribution in [0.25, 0.3) is 0 Å². The van der Waals surface area contributed by atoms with Gasteiger partial charge in [0.25, 0.3) is 0 Å². The molecule has 0 heterocycles. The molecule has 70 valence electrons. The highest BCUT2D eigenvalue weighted by molar-refractivity contribution is 4.63. The van der Waals surface area contributed by atoms with Gasteiger partial charge in [-0.3, -0.25) is 0 Å². The van der Waals surface area contributed by atoms with Gasteiger partial charge in [-0.05, 0) is 6.42 Å². The van der Waals surface area contributed by atoms with Crippen LogP contribution in [-0.4, -0.2) is 0 Å². The maximum absolute atomic E-state index is 3.55. The Bertz CT molecular complexity index is 35.3. The molecule has 0 aromatic rings. The monoisotopic (exact) mass is 158 g/mol. The predicted octanol–water partition coefficient (Wildman–Crippen LogP) is 4.81. The third-order valence-corrected chi connectivity index (χ3v) is 0.993. The van der Waals surface area contributed by atoms with Crippen LogP contribution in [0.5, 0.6) is 0 Å². The standard InChI is InChI=1S/C5H10.C4H10.C2H6/c1-3-5-4-2;1-3-4-2;1-2/h3H,1,4-5H2,2H3;3-4H2,1-2H3;1-2H3. The first-order valence-corrected chi connectivity index (χ1v) is 4.94. The lowest BCUT2D eigenvalue weighted by Gasteiger charge is -1.72. The van der Waals surface area contributed by atoms with Gasteiger partial charge in [-0.15, -0.1) is 6.58 Å². The van der Waals surface area contributed by atoms with Gasteiger partial charge in [-0.25, -0.2) is 0 Å². The molecule has 0 saturated carbocycles. The Labute approximate surface area is 73.7 Å². The van der Waals surface area contributed by atoms with E-state index in [9.17, 15) is 0 Å². The lowest BCUT2D eigenvalue weighted by Crippen LogP contribution is -1.52. The molecule has 0 aliphatic heterocycles. The zero-order valence-electron chi connectivity index (χ0n) is 9.11. The van der Waals surface area contributed by atoms with E-state index in [0.29, 0.717) is 0 Å². The highest BCUT2D eigenvalue weighted by Gasteiger charge is 1.61. The highest BCUT2D eigenvalue weighted by atomic mass is 13.7. The quantitative estimate of drug-likeness (QED) is 0.517. The second-order valence-corrected chi connectivity index (χ2v) is 2.08. The summed E-state index contributed by atoms with van der Waals surface area (Å²) in [7, 11) is 0. The number of unbranched alkanes of at least 4 members (excludes halogenated alkanes) is 2. The lowest BCUT2D eigenvalue weighted by molar-refractivity contribution is 0.886. The molecule has 0 aliphatic rings. The van der Waals surface area contributed by atoms with Gasteiger partial charge in [-0.1, -0.05) is 60.0 Å². The van der Waals surface area contributed by atoms with Gasteiger partial charge in [0.1, 0.15) is 0 Å². The summed E-state index contributed by atoms with van der Waals surface area (Å²) >= 11 is 0. The van der Waals surface area contributed by atoms with E-state index in [1.165, 1.54) is 19.3 Å². The Hall–Kier alpha value is -0.260. The van der Waals surface area contributed by atoms with Gasteiger partial charge < -0.3 is 0 Å². The fourth-order valence-corrected chi connectivity index (χ4v) is 0.204. The molecule has 0 radical (unpaired) electrons. The van der Waals surface area contributed by atoms with Crippen molar-refractivity contribution in [1.29, 1.82) is 0 Å². The summed E-state index contributed by atoms with van der Waals surface area (Å²) < 4.78 is 0. The van der Waals surface area contributed by atoms with Gasteiger partial charge >= 0.3 is 0 Å². The normalized spacial score (nSPS) is 6.64. The SMILES string of the molecule is C=CCCC.CC.CCCC. The molecule has 0 unspecified atom stereocenters. The molecule has 0 heteroatoms. The van der Waals surface area contributed by atoms with E-state index < -0.39 is 0 Å². The van der Waals surface area contributed by atoms with Crippen molar-refractivity contribution in [1.82, 2.24) is 0 Å². The van der Waals surface area contributed by atoms with Crippen molar-refractivity contribution in [2.45, 2.75) is 60.3 Å². The molecule has 0 aliphatic carbocycles. The molecular formula is C11H26. The lowest BCUT2D eigenvalue weighted by atomic mass is 10.3. The summed E-state index contributed by atoms with van der Waals surface area (Å²) in [4.78, 5) is 0. The Morgan fingerprint density at radius 2 is 1.27 bits per heavy atom. The zero-order valence-corrected chi connectivity index (χ0v) is 9.11. The van der Waals surface area contributed by atoms with Crippen LogP contribution < -0.4 is 0 Å². The van der Waals surface area contributed by atoms with E-state index in [2.05, 4.69) is 27.4 Å². The molecule has 0 amide bonds. The number of allylic oxidation sites excluding steroid dienone is 1. The molecule has 11 heavy (non-hydrogen) atoms. The predicted molar refractivity (Wildman–Crippen MR) is 57.0 cm³/mol. The van der Waals surface area contributed by atoms with Crippen molar-refractivity contribution in [3.63, 3.8) is 0 Å². The molecule has 0 atom stereocenters. The fraction of sp³-hybridized carbons (Fsp3) is 0.818. The van der Waals surface area contributed by atoms with Crippen LogP contribution in [0.1, 0.15) is 60.3 Å². The van der Waals surface area contributed by atoms with Crippen LogP contribution in [-0.2, 0) is 0 Å². The maximum Gasteiger partial charge on any atom is -0.0356 e. The maximum atomic E-state index is 3.55. The Kier molecular flexibility index (Phi) is 51.2. The third kappa shape index (κ3) is 77.7. The van der Waals surface area contributed by atoms with Crippen molar-refractivity contribution in [2.75, 3.05) is 0 Å². The number of rotatable bonds is 3. The Morgan fingerprint density at radius 1 is 0.909 bits per heavy atom. The van der Waals surface area contributed by atoms with Crippen molar-refractivity contribution in [3.8, 4) is 0 Å². The van der Waals surface area contributed by atoms with Crippen molar-refractivity contribution < 1.29 is 0 Å². The molecule has 0 N–H and O–H groups in total. The van der Waals surface area contributed by atoms with Crippen LogP contribution in [0.3, 0.4) is 0 Å². The average molecular weight is 158 g/mol. The molecule has 0 saturated heterocycles. The van der Waals surface area contributed by atoms with Crippen LogP contribution in [0, 0.1) is 0 Å². The first kappa shape index (κ1) is 17.0. The topological polar surface area (TPSA) is 0 Å². The van der Waals surface area contributed by atoms with E-state index >= 15 is 0 Å². The summed E-state index contributed by atoms with van der Waals surface area (Å²) in [6.45, 7) is 14.1. The van der Waals surface area contributed by atoms with E-state index in [4.69, 9.17) is 0 Å². The van der Waals surface area contributed by atoms with Crippen LogP contribution in [0.4, 0.5) is 0 Å². The highest BCUT2D eigenvalue weighted by Crippen LogP contribution is 1.82. The van der Waals surface area contributed by atoms with Gasteiger partial charge in [0.05, 0.1) is 0 Å². The van der Waals surface area contributed by atoms with Gasteiger partial charge in [0.15, 0.2) is 0 Å². The van der Waals surface area contributed by atoms with Crippen molar-refractivity contribution in [3.05, 3.63) is 12.7 Å². The molecule has 0 aromatic carbocycles. The van der Waals surface area contributed by atoms with E-state index in [0.717, 1.165) is 6.42 Å². The smallest absolute Gasteiger partial charge is 0.0356 e. The minimum absolute atomic E-state index is 1.15. The summed E-state index contributed by atoms with van der Waals surface area (Å²) in [6.07, 6.45) is 6.95. The van der Waals surface area contributed by atoms with Gasteiger partial charge in [0.2, 0.25) is 0 Å². The molecule has 0 spiro atoms. The third-order valence-electron chi connectivity index (χ3n) is 0.993. The molecule has 0 aromatic heterocycles. The van der Waals surface area contributed by atoms with E-state index in [1.54, 1.807) is 0 Å². The molecule has 0 bridgehead atoms. The molecule has 0 nitrogen and oxygen atoms in total. The van der Waals surface area contributed by atoms with Crippen LogP contribution in [0.2, 0.25) is 0 Å². The molecular weight excluding hydrogens is 132 g/mol. The van der Waals surface area contributed by atoms with Gasteiger partial charge in [-0.2, -0.15) is 0 Å². The minimum atomic E-state index is 1.15. The summed E-state index contributed by atoms with van der Waals surface area (Å²) in [5, 5.41) is 0. The summed E-state index contributed by atoms with van der Waals surface area (Å²) in [6, 6.07) is 0. The minimum Gasteiger partial charge on any atom is -0.103 e. The summed E-state index contributed by atoms with van der Waals surface area (Å²) in [5.41, 5.74) is 0. The first-order chi connectivity index (χ1) is 5.33.